The minimum absolute atomic E-state index is 0.217. The number of halogens is 2. The molecule has 0 saturated carbocycles. The number of aromatic nitrogens is 2. The van der Waals surface area contributed by atoms with E-state index in [-0.39, 0.29) is 5.78 Å². The summed E-state index contributed by atoms with van der Waals surface area (Å²) in [6.45, 7) is 0. The van der Waals surface area contributed by atoms with Crippen molar-refractivity contribution in [2.24, 2.45) is 0 Å². The molecule has 4 nitrogen and oxygen atoms in total. The maximum absolute atomic E-state index is 12.7. The minimum atomic E-state index is -0.217. The molecule has 0 spiro atoms. The zero-order chi connectivity index (χ0) is 16.4. The Bertz CT molecular complexity index is 924. The van der Waals surface area contributed by atoms with E-state index in [0.29, 0.717) is 26.9 Å². The maximum atomic E-state index is 12.7. The number of nitriles is 1. The molecule has 0 N–H and O–H groups in total. The van der Waals surface area contributed by atoms with Crippen molar-refractivity contribution >= 4 is 29.0 Å². The molecule has 3 aromatic rings. The molecular weight excluding hydrogens is 333 g/mol. The van der Waals surface area contributed by atoms with Crippen LogP contribution in [0.15, 0.2) is 55.0 Å². The second-order valence-corrected chi connectivity index (χ2v) is 5.58. The highest BCUT2D eigenvalue weighted by Gasteiger charge is 2.16. The summed E-state index contributed by atoms with van der Waals surface area (Å²) < 4.78 is 1.66. The van der Waals surface area contributed by atoms with E-state index in [4.69, 9.17) is 28.5 Å². The standard InChI is InChI=1S/C17H9Cl2N3O/c18-14-6-3-12(7-15(14)19)17(23)16-9-21-10-22(16)13-4-1-11(8-20)2-5-13/h1-7,9-10H. The maximum Gasteiger partial charge on any atom is 0.211 e. The Morgan fingerprint density at radius 2 is 1.83 bits per heavy atom. The molecule has 0 atom stereocenters. The van der Waals surface area contributed by atoms with Gasteiger partial charge in [-0.05, 0) is 42.5 Å². The van der Waals surface area contributed by atoms with Crippen LogP contribution in [-0.4, -0.2) is 15.3 Å². The second-order valence-electron chi connectivity index (χ2n) is 4.77. The Morgan fingerprint density at radius 1 is 1.09 bits per heavy atom. The first-order valence-electron chi connectivity index (χ1n) is 6.63. The molecule has 1 heterocycles. The van der Waals surface area contributed by atoms with Crippen LogP contribution in [0, 0.1) is 11.3 Å². The van der Waals surface area contributed by atoms with Crippen LogP contribution in [0.4, 0.5) is 0 Å². The average molecular weight is 342 g/mol. The molecule has 0 aliphatic heterocycles. The van der Waals surface area contributed by atoms with Crippen LogP contribution >= 0.6 is 23.2 Å². The van der Waals surface area contributed by atoms with E-state index in [1.165, 1.54) is 12.3 Å². The van der Waals surface area contributed by atoms with Crippen molar-refractivity contribution < 1.29 is 4.79 Å². The summed E-state index contributed by atoms with van der Waals surface area (Å²) >= 11 is 11.9. The van der Waals surface area contributed by atoms with Gasteiger partial charge >= 0.3 is 0 Å². The molecule has 0 unspecified atom stereocenters. The molecule has 2 aromatic carbocycles. The summed E-state index contributed by atoms with van der Waals surface area (Å²) in [6, 6.07) is 13.7. The first-order valence-corrected chi connectivity index (χ1v) is 7.38. The number of rotatable bonds is 3. The summed E-state index contributed by atoms with van der Waals surface area (Å²) in [6.07, 6.45) is 3.04. The zero-order valence-corrected chi connectivity index (χ0v) is 13.2. The molecule has 0 fully saturated rings. The fraction of sp³-hybridized carbons (Fsp3) is 0. The SMILES string of the molecule is N#Cc1ccc(-n2cncc2C(=O)c2ccc(Cl)c(Cl)c2)cc1. The Morgan fingerprint density at radius 3 is 2.48 bits per heavy atom. The minimum Gasteiger partial charge on any atom is -0.296 e. The van der Waals surface area contributed by atoms with Crippen LogP contribution < -0.4 is 0 Å². The summed E-state index contributed by atoms with van der Waals surface area (Å²) in [4.78, 5) is 16.7. The lowest BCUT2D eigenvalue weighted by molar-refractivity contribution is 0.103. The van der Waals surface area contributed by atoms with E-state index in [2.05, 4.69) is 11.1 Å². The predicted molar refractivity (Wildman–Crippen MR) is 88.2 cm³/mol. The number of hydrogen-bond donors (Lipinski definition) is 0. The molecule has 112 valence electrons. The van der Waals surface area contributed by atoms with Crippen LogP contribution in [0.25, 0.3) is 5.69 Å². The lowest BCUT2D eigenvalue weighted by atomic mass is 10.1. The van der Waals surface area contributed by atoms with Gasteiger partial charge in [-0.25, -0.2) is 4.98 Å². The van der Waals surface area contributed by atoms with Gasteiger partial charge in [-0.3, -0.25) is 9.36 Å². The average Bonchev–Trinajstić information content (AvgIpc) is 3.06. The predicted octanol–water partition coefficient (Wildman–Crippen LogP) is 4.28. The molecule has 3 rings (SSSR count). The van der Waals surface area contributed by atoms with Crippen molar-refractivity contribution in [3.63, 3.8) is 0 Å². The number of carbonyl (C=O) groups excluding carboxylic acids is 1. The smallest absolute Gasteiger partial charge is 0.211 e. The monoisotopic (exact) mass is 341 g/mol. The van der Waals surface area contributed by atoms with E-state index in [1.54, 1.807) is 47.3 Å². The normalized spacial score (nSPS) is 10.3. The number of imidazole rings is 1. The number of nitrogens with zero attached hydrogens (tertiary/aromatic N) is 3. The lowest BCUT2D eigenvalue weighted by Gasteiger charge is -2.08. The van der Waals surface area contributed by atoms with Crippen molar-refractivity contribution in [2.45, 2.75) is 0 Å². The number of hydrogen-bond acceptors (Lipinski definition) is 3. The molecule has 1 aromatic heterocycles. The van der Waals surface area contributed by atoms with Gasteiger partial charge in [0.25, 0.3) is 0 Å². The van der Waals surface area contributed by atoms with Gasteiger partial charge < -0.3 is 0 Å². The van der Waals surface area contributed by atoms with Crippen LogP contribution in [-0.2, 0) is 0 Å². The number of benzene rings is 2. The summed E-state index contributed by atoms with van der Waals surface area (Å²) in [5.41, 5.74) is 2.11. The summed E-state index contributed by atoms with van der Waals surface area (Å²) in [5, 5.41) is 9.57. The van der Waals surface area contributed by atoms with E-state index < -0.39 is 0 Å². The molecule has 0 aliphatic rings. The van der Waals surface area contributed by atoms with Gasteiger partial charge in [0.2, 0.25) is 5.78 Å². The third-order valence-electron chi connectivity index (χ3n) is 3.33. The zero-order valence-electron chi connectivity index (χ0n) is 11.7. The quantitative estimate of drug-likeness (QED) is 0.668. The molecule has 0 saturated heterocycles. The van der Waals surface area contributed by atoms with Crippen molar-refractivity contribution in [3.05, 3.63) is 81.9 Å². The van der Waals surface area contributed by atoms with E-state index in [1.807, 2.05) is 0 Å². The molecule has 0 radical (unpaired) electrons. The molecule has 23 heavy (non-hydrogen) atoms. The van der Waals surface area contributed by atoms with Gasteiger partial charge in [-0.1, -0.05) is 23.2 Å². The van der Waals surface area contributed by atoms with E-state index >= 15 is 0 Å². The topological polar surface area (TPSA) is 58.7 Å². The van der Waals surface area contributed by atoms with Crippen molar-refractivity contribution in [3.8, 4) is 11.8 Å². The van der Waals surface area contributed by atoms with Gasteiger partial charge in [0.1, 0.15) is 5.69 Å². The number of ketones is 1. The van der Waals surface area contributed by atoms with Crippen LogP contribution in [0.3, 0.4) is 0 Å². The third kappa shape index (κ3) is 2.98. The van der Waals surface area contributed by atoms with E-state index in [0.717, 1.165) is 5.69 Å². The van der Waals surface area contributed by atoms with Crippen molar-refractivity contribution in [1.82, 2.24) is 9.55 Å². The van der Waals surface area contributed by atoms with Gasteiger partial charge in [-0.15, -0.1) is 0 Å². The van der Waals surface area contributed by atoms with Gasteiger partial charge in [0.15, 0.2) is 0 Å². The van der Waals surface area contributed by atoms with Crippen LogP contribution in [0.2, 0.25) is 10.0 Å². The Balaban J connectivity index is 2.01. The molecule has 0 amide bonds. The first kappa shape index (κ1) is 15.3. The first-order chi connectivity index (χ1) is 11.1. The Hall–Kier alpha value is -2.61. The highest BCUT2D eigenvalue weighted by atomic mass is 35.5. The molecule has 0 aliphatic carbocycles. The fourth-order valence-corrected chi connectivity index (χ4v) is 2.45. The number of carbonyl (C=O) groups is 1. The van der Waals surface area contributed by atoms with Crippen LogP contribution in [0.5, 0.6) is 0 Å². The van der Waals surface area contributed by atoms with Crippen LogP contribution in [0.1, 0.15) is 21.6 Å². The molecular formula is C17H9Cl2N3O. The summed E-state index contributed by atoms with van der Waals surface area (Å²) in [7, 11) is 0. The fourth-order valence-electron chi connectivity index (χ4n) is 2.15. The molecule has 0 bridgehead atoms. The molecule has 6 heteroatoms. The second kappa shape index (κ2) is 6.25. The van der Waals surface area contributed by atoms with Gasteiger partial charge in [-0.2, -0.15) is 5.26 Å². The summed E-state index contributed by atoms with van der Waals surface area (Å²) in [5.74, 6) is -0.217. The van der Waals surface area contributed by atoms with Gasteiger partial charge in [0, 0.05) is 11.3 Å². The highest BCUT2D eigenvalue weighted by Crippen LogP contribution is 2.24. The lowest BCUT2D eigenvalue weighted by Crippen LogP contribution is -2.08. The third-order valence-corrected chi connectivity index (χ3v) is 4.07. The van der Waals surface area contributed by atoms with Gasteiger partial charge in [0.05, 0.1) is 34.2 Å². The van der Waals surface area contributed by atoms with Crippen molar-refractivity contribution in [1.29, 1.82) is 5.26 Å². The highest BCUT2D eigenvalue weighted by molar-refractivity contribution is 6.42. The Labute approximate surface area is 142 Å². The largest absolute Gasteiger partial charge is 0.296 e. The van der Waals surface area contributed by atoms with E-state index in [9.17, 15) is 4.79 Å². The Kier molecular flexibility index (Phi) is 4.16. The van der Waals surface area contributed by atoms with Crippen molar-refractivity contribution in [2.75, 3.05) is 0 Å².